The summed E-state index contributed by atoms with van der Waals surface area (Å²) in [5.41, 5.74) is 6.03. The predicted molar refractivity (Wildman–Crippen MR) is 62.7 cm³/mol. The van der Waals surface area contributed by atoms with Gasteiger partial charge in [-0.2, -0.15) is 13.2 Å². The lowest BCUT2D eigenvalue weighted by Crippen LogP contribution is -2.47. The smallest absolute Gasteiger partial charge is 0.326 e. The van der Waals surface area contributed by atoms with Crippen molar-refractivity contribution >= 4 is 0 Å². The largest absolute Gasteiger partial charge is 0.401 e. The van der Waals surface area contributed by atoms with E-state index < -0.39 is 12.7 Å². The van der Waals surface area contributed by atoms with E-state index in [1.807, 2.05) is 0 Å². The Morgan fingerprint density at radius 2 is 1.76 bits per heavy atom. The predicted octanol–water partition coefficient (Wildman–Crippen LogP) is 2.78. The van der Waals surface area contributed by atoms with Crippen LogP contribution in [0.2, 0.25) is 0 Å². The monoisotopic (exact) mass is 252 g/mol. The van der Waals surface area contributed by atoms with Crippen LogP contribution < -0.4 is 5.73 Å². The Hall–Kier alpha value is -0.290. The van der Waals surface area contributed by atoms with E-state index >= 15 is 0 Å². The summed E-state index contributed by atoms with van der Waals surface area (Å²) in [7, 11) is 0. The number of nitrogens with two attached hydrogens (primary N) is 1. The van der Waals surface area contributed by atoms with E-state index in [1.54, 1.807) is 13.8 Å². The Morgan fingerprint density at radius 3 is 2.18 bits per heavy atom. The van der Waals surface area contributed by atoms with Crippen molar-refractivity contribution in [2.75, 3.05) is 13.1 Å². The maximum atomic E-state index is 12.4. The number of alkyl halides is 3. The quantitative estimate of drug-likeness (QED) is 0.815. The molecule has 2 N–H and O–H groups in total. The highest BCUT2D eigenvalue weighted by Gasteiger charge is 2.33. The molecule has 0 amide bonds. The first kappa shape index (κ1) is 14.8. The molecule has 1 unspecified atom stereocenters. The molecule has 0 aromatic heterocycles. The summed E-state index contributed by atoms with van der Waals surface area (Å²) >= 11 is 0. The van der Waals surface area contributed by atoms with Crippen molar-refractivity contribution in [1.82, 2.24) is 4.90 Å². The number of halogens is 3. The second-order valence-electron chi connectivity index (χ2n) is 5.35. The lowest BCUT2D eigenvalue weighted by molar-refractivity contribution is -0.150. The van der Waals surface area contributed by atoms with Crippen LogP contribution in [0.4, 0.5) is 13.2 Å². The third kappa shape index (κ3) is 5.25. The van der Waals surface area contributed by atoms with E-state index in [4.69, 9.17) is 5.73 Å². The molecule has 1 rings (SSSR count). The SMILES string of the molecule is CC(C)N(CC(N)C1CCCC1)CC(F)(F)F. The highest BCUT2D eigenvalue weighted by Crippen LogP contribution is 2.28. The van der Waals surface area contributed by atoms with Gasteiger partial charge in [0.05, 0.1) is 6.54 Å². The van der Waals surface area contributed by atoms with Gasteiger partial charge in [-0.05, 0) is 32.6 Å². The topological polar surface area (TPSA) is 29.3 Å². The molecular weight excluding hydrogens is 229 g/mol. The Balaban J connectivity index is 2.48. The van der Waals surface area contributed by atoms with E-state index in [2.05, 4.69) is 0 Å². The molecule has 0 spiro atoms. The molecule has 102 valence electrons. The van der Waals surface area contributed by atoms with Gasteiger partial charge in [-0.1, -0.05) is 12.8 Å². The molecule has 0 saturated heterocycles. The van der Waals surface area contributed by atoms with Crippen LogP contribution in [-0.2, 0) is 0 Å². The standard InChI is InChI=1S/C12H23F3N2/c1-9(2)17(8-12(13,14)15)7-11(16)10-5-3-4-6-10/h9-11H,3-8,16H2,1-2H3. The van der Waals surface area contributed by atoms with Gasteiger partial charge in [0.2, 0.25) is 0 Å². The molecule has 1 atom stereocenters. The summed E-state index contributed by atoms with van der Waals surface area (Å²) in [6.45, 7) is 3.06. The lowest BCUT2D eigenvalue weighted by Gasteiger charge is -2.32. The number of hydrogen-bond acceptors (Lipinski definition) is 2. The van der Waals surface area contributed by atoms with Crippen LogP contribution >= 0.6 is 0 Å². The van der Waals surface area contributed by atoms with Crippen molar-refractivity contribution in [1.29, 1.82) is 0 Å². The average Bonchev–Trinajstić information content (AvgIpc) is 2.66. The third-order valence-electron chi connectivity index (χ3n) is 3.56. The van der Waals surface area contributed by atoms with Gasteiger partial charge in [0, 0.05) is 18.6 Å². The maximum absolute atomic E-state index is 12.4. The fourth-order valence-electron chi connectivity index (χ4n) is 2.49. The van der Waals surface area contributed by atoms with Crippen LogP contribution in [0.3, 0.4) is 0 Å². The van der Waals surface area contributed by atoms with Crippen LogP contribution in [0.15, 0.2) is 0 Å². The molecule has 1 aliphatic carbocycles. The Bertz CT molecular complexity index is 222. The van der Waals surface area contributed by atoms with Crippen LogP contribution in [-0.4, -0.2) is 36.2 Å². The van der Waals surface area contributed by atoms with Crippen molar-refractivity contribution in [3.05, 3.63) is 0 Å². The van der Waals surface area contributed by atoms with Crippen molar-refractivity contribution in [3.8, 4) is 0 Å². The van der Waals surface area contributed by atoms with Crippen molar-refractivity contribution in [2.45, 2.75) is 57.8 Å². The molecule has 17 heavy (non-hydrogen) atoms. The summed E-state index contributed by atoms with van der Waals surface area (Å²) in [6, 6.07) is -0.244. The molecule has 1 saturated carbocycles. The van der Waals surface area contributed by atoms with Crippen molar-refractivity contribution in [2.24, 2.45) is 11.7 Å². The van der Waals surface area contributed by atoms with E-state index in [0.29, 0.717) is 12.5 Å². The zero-order valence-corrected chi connectivity index (χ0v) is 10.6. The van der Waals surface area contributed by atoms with Gasteiger partial charge in [0.15, 0.2) is 0 Å². The van der Waals surface area contributed by atoms with Gasteiger partial charge >= 0.3 is 6.18 Å². The molecule has 5 heteroatoms. The molecule has 1 fully saturated rings. The zero-order valence-electron chi connectivity index (χ0n) is 10.6. The van der Waals surface area contributed by atoms with Gasteiger partial charge < -0.3 is 5.73 Å². The van der Waals surface area contributed by atoms with Gasteiger partial charge in [-0.3, -0.25) is 4.90 Å². The summed E-state index contributed by atoms with van der Waals surface area (Å²) in [6.07, 6.45) is 0.330. The molecule has 0 aromatic carbocycles. The zero-order chi connectivity index (χ0) is 13.1. The molecule has 0 radical (unpaired) electrons. The summed E-state index contributed by atoms with van der Waals surface area (Å²) < 4.78 is 37.2. The molecule has 2 nitrogen and oxygen atoms in total. The molecule has 0 bridgehead atoms. The number of rotatable bonds is 5. The van der Waals surface area contributed by atoms with E-state index in [1.165, 1.54) is 17.7 Å². The summed E-state index contributed by atoms with van der Waals surface area (Å²) in [5.74, 6) is 0.407. The van der Waals surface area contributed by atoms with E-state index in [0.717, 1.165) is 12.8 Å². The molecule has 0 aromatic rings. The summed E-state index contributed by atoms with van der Waals surface area (Å²) in [4.78, 5) is 1.43. The van der Waals surface area contributed by atoms with Crippen LogP contribution in [0.1, 0.15) is 39.5 Å². The molecule has 0 aliphatic heterocycles. The first-order chi connectivity index (χ1) is 7.79. The highest BCUT2D eigenvalue weighted by molar-refractivity contribution is 4.82. The van der Waals surface area contributed by atoms with Gasteiger partial charge in [-0.25, -0.2) is 0 Å². The van der Waals surface area contributed by atoms with Crippen molar-refractivity contribution in [3.63, 3.8) is 0 Å². The van der Waals surface area contributed by atoms with Crippen LogP contribution in [0.25, 0.3) is 0 Å². The second-order valence-corrected chi connectivity index (χ2v) is 5.35. The Morgan fingerprint density at radius 1 is 1.24 bits per heavy atom. The minimum Gasteiger partial charge on any atom is -0.326 e. The lowest BCUT2D eigenvalue weighted by atomic mass is 9.98. The Kier molecular flexibility index (Phi) is 5.25. The fourth-order valence-corrected chi connectivity index (χ4v) is 2.49. The molecule has 0 heterocycles. The first-order valence-electron chi connectivity index (χ1n) is 6.36. The maximum Gasteiger partial charge on any atom is 0.401 e. The molecular formula is C12H23F3N2. The first-order valence-corrected chi connectivity index (χ1v) is 6.36. The minimum atomic E-state index is -4.14. The fraction of sp³-hybridized carbons (Fsp3) is 1.00. The van der Waals surface area contributed by atoms with Crippen LogP contribution in [0, 0.1) is 5.92 Å². The van der Waals surface area contributed by atoms with Gasteiger partial charge in [0.25, 0.3) is 0 Å². The van der Waals surface area contributed by atoms with Gasteiger partial charge in [0.1, 0.15) is 0 Å². The second kappa shape index (κ2) is 6.05. The number of nitrogens with zero attached hydrogens (tertiary/aromatic N) is 1. The van der Waals surface area contributed by atoms with E-state index in [9.17, 15) is 13.2 Å². The summed E-state index contributed by atoms with van der Waals surface area (Å²) in [5, 5.41) is 0. The van der Waals surface area contributed by atoms with E-state index in [-0.39, 0.29) is 12.1 Å². The Labute approximate surface area is 101 Å². The number of hydrogen-bond donors (Lipinski definition) is 1. The third-order valence-corrected chi connectivity index (χ3v) is 3.56. The minimum absolute atomic E-state index is 0.121. The average molecular weight is 252 g/mol. The normalized spacial score (nSPS) is 20.5. The molecule has 1 aliphatic rings. The van der Waals surface area contributed by atoms with Crippen molar-refractivity contribution < 1.29 is 13.2 Å². The van der Waals surface area contributed by atoms with Gasteiger partial charge in [-0.15, -0.1) is 0 Å². The highest BCUT2D eigenvalue weighted by atomic mass is 19.4. The van der Waals surface area contributed by atoms with Crippen LogP contribution in [0.5, 0.6) is 0 Å².